The number of hydrogen-bond acceptors (Lipinski definition) is 2. The number of para-hydroxylation sites is 1. The summed E-state index contributed by atoms with van der Waals surface area (Å²) in [5.74, 6) is 0.870. The van der Waals surface area contributed by atoms with Crippen molar-refractivity contribution in [2.75, 3.05) is 24.5 Å². The van der Waals surface area contributed by atoms with Crippen molar-refractivity contribution in [2.45, 2.75) is 58.9 Å². The first-order valence-corrected chi connectivity index (χ1v) is 8.80. The molecule has 2 atom stereocenters. The zero-order valence-electron chi connectivity index (χ0n) is 14.1. The first-order chi connectivity index (χ1) is 10.3. The lowest BCUT2D eigenvalue weighted by atomic mass is 9.98. The van der Waals surface area contributed by atoms with E-state index in [2.05, 4.69) is 55.3 Å². The second-order valence-corrected chi connectivity index (χ2v) is 6.41. The third-order valence-corrected chi connectivity index (χ3v) is 4.92. The molecular weight excluding hydrogens is 256 g/mol. The Bertz CT molecular complexity index is 416. The molecule has 1 aliphatic rings. The van der Waals surface area contributed by atoms with Crippen LogP contribution in [0.1, 0.15) is 51.5 Å². The summed E-state index contributed by atoms with van der Waals surface area (Å²) in [6.45, 7) is 10.2. The maximum Gasteiger partial charge on any atom is 0.0395 e. The number of rotatable bonds is 8. The van der Waals surface area contributed by atoms with Crippen molar-refractivity contribution in [2.24, 2.45) is 5.92 Å². The molecule has 1 aliphatic carbocycles. The third kappa shape index (κ3) is 4.47. The second kappa shape index (κ2) is 8.43. The highest BCUT2D eigenvalue weighted by Gasteiger charge is 2.26. The van der Waals surface area contributed by atoms with E-state index in [0.29, 0.717) is 0 Å². The number of anilines is 1. The van der Waals surface area contributed by atoms with E-state index >= 15 is 0 Å². The minimum absolute atomic E-state index is 0.764. The maximum absolute atomic E-state index is 3.76. The van der Waals surface area contributed by atoms with E-state index in [-0.39, 0.29) is 0 Å². The lowest BCUT2D eigenvalue weighted by Gasteiger charge is -2.28. The van der Waals surface area contributed by atoms with Crippen molar-refractivity contribution >= 4 is 5.69 Å². The zero-order valence-corrected chi connectivity index (χ0v) is 14.1. The van der Waals surface area contributed by atoms with Gasteiger partial charge in [-0.05, 0) is 63.6 Å². The lowest BCUT2D eigenvalue weighted by molar-refractivity contribution is 0.380. The Balaban J connectivity index is 1.89. The summed E-state index contributed by atoms with van der Waals surface area (Å²) in [5, 5.41) is 3.76. The van der Waals surface area contributed by atoms with E-state index < -0.39 is 0 Å². The van der Waals surface area contributed by atoms with Crippen LogP contribution in [0.25, 0.3) is 0 Å². The maximum atomic E-state index is 3.76. The molecule has 2 nitrogen and oxygen atoms in total. The van der Waals surface area contributed by atoms with E-state index in [9.17, 15) is 0 Å². The van der Waals surface area contributed by atoms with Gasteiger partial charge < -0.3 is 10.2 Å². The van der Waals surface area contributed by atoms with Gasteiger partial charge in [-0.3, -0.25) is 0 Å². The van der Waals surface area contributed by atoms with E-state index in [4.69, 9.17) is 0 Å². The highest BCUT2D eigenvalue weighted by Crippen LogP contribution is 2.29. The monoisotopic (exact) mass is 288 g/mol. The summed E-state index contributed by atoms with van der Waals surface area (Å²) in [6, 6.07) is 9.54. The standard InChI is InChI=1S/C19H32N2/c1-4-14-20-18-11-8-10-17(18)13-15-21(5-2)19-12-7-6-9-16(19)3/h6-7,9,12,17-18,20H,4-5,8,10-11,13-15H2,1-3H3. The molecule has 0 aromatic heterocycles. The van der Waals surface area contributed by atoms with E-state index in [1.165, 1.54) is 56.4 Å². The molecule has 0 aliphatic heterocycles. The van der Waals surface area contributed by atoms with Gasteiger partial charge in [0.1, 0.15) is 0 Å². The second-order valence-electron chi connectivity index (χ2n) is 6.41. The fourth-order valence-corrected chi connectivity index (χ4v) is 3.67. The summed E-state index contributed by atoms with van der Waals surface area (Å²) in [6.07, 6.45) is 6.76. The quantitative estimate of drug-likeness (QED) is 0.763. The van der Waals surface area contributed by atoms with Gasteiger partial charge in [-0.2, -0.15) is 0 Å². The Morgan fingerprint density at radius 3 is 2.71 bits per heavy atom. The van der Waals surface area contributed by atoms with Crippen LogP contribution in [0.5, 0.6) is 0 Å². The molecule has 2 rings (SSSR count). The minimum atomic E-state index is 0.764. The highest BCUT2D eigenvalue weighted by molar-refractivity contribution is 5.52. The highest BCUT2D eigenvalue weighted by atomic mass is 15.1. The molecule has 1 aromatic carbocycles. The van der Waals surface area contributed by atoms with Gasteiger partial charge in [0.25, 0.3) is 0 Å². The first kappa shape index (κ1) is 16.4. The Morgan fingerprint density at radius 1 is 1.19 bits per heavy atom. The predicted octanol–water partition coefficient (Wildman–Crippen LogP) is 4.38. The molecule has 1 N–H and O–H groups in total. The van der Waals surface area contributed by atoms with Crippen molar-refractivity contribution < 1.29 is 0 Å². The zero-order chi connectivity index (χ0) is 15.1. The average Bonchev–Trinajstić information content (AvgIpc) is 2.95. The summed E-state index contributed by atoms with van der Waals surface area (Å²) in [5.41, 5.74) is 2.81. The van der Waals surface area contributed by atoms with Crippen LogP contribution in [0.15, 0.2) is 24.3 Å². The third-order valence-electron chi connectivity index (χ3n) is 4.92. The van der Waals surface area contributed by atoms with Crippen LogP contribution >= 0.6 is 0 Å². The van der Waals surface area contributed by atoms with Gasteiger partial charge in [0, 0.05) is 24.8 Å². The number of hydrogen-bond donors (Lipinski definition) is 1. The molecule has 0 saturated heterocycles. The Hall–Kier alpha value is -1.02. The van der Waals surface area contributed by atoms with Crippen LogP contribution in [0.3, 0.4) is 0 Å². The average molecular weight is 288 g/mol. The Labute approximate surface area is 130 Å². The normalized spacial score (nSPS) is 21.7. The van der Waals surface area contributed by atoms with Crippen LogP contribution in [-0.4, -0.2) is 25.7 Å². The summed E-state index contributed by atoms with van der Waals surface area (Å²) < 4.78 is 0. The molecule has 0 bridgehead atoms. The fourth-order valence-electron chi connectivity index (χ4n) is 3.67. The van der Waals surface area contributed by atoms with Gasteiger partial charge in [0.2, 0.25) is 0 Å². The first-order valence-electron chi connectivity index (χ1n) is 8.80. The molecule has 1 saturated carbocycles. The summed E-state index contributed by atoms with van der Waals surface area (Å²) >= 11 is 0. The molecule has 118 valence electrons. The van der Waals surface area contributed by atoms with Crippen molar-refractivity contribution in [3.63, 3.8) is 0 Å². The molecule has 1 fully saturated rings. The van der Waals surface area contributed by atoms with Crippen molar-refractivity contribution in [1.82, 2.24) is 5.32 Å². The molecule has 0 radical (unpaired) electrons. The summed E-state index contributed by atoms with van der Waals surface area (Å²) in [7, 11) is 0. The van der Waals surface area contributed by atoms with Gasteiger partial charge in [0.05, 0.1) is 0 Å². The predicted molar refractivity (Wildman–Crippen MR) is 93.1 cm³/mol. The van der Waals surface area contributed by atoms with Crippen LogP contribution in [-0.2, 0) is 0 Å². The largest absolute Gasteiger partial charge is 0.372 e. The molecule has 1 aromatic rings. The number of benzene rings is 1. The van der Waals surface area contributed by atoms with E-state index in [1.54, 1.807) is 0 Å². The van der Waals surface area contributed by atoms with Crippen LogP contribution in [0.2, 0.25) is 0 Å². The molecule has 21 heavy (non-hydrogen) atoms. The van der Waals surface area contributed by atoms with Crippen molar-refractivity contribution in [3.05, 3.63) is 29.8 Å². The fraction of sp³-hybridized carbons (Fsp3) is 0.684. The van der Waals surface area contributed by atoms with Gasteiger partial charge in [0.15, 0.2) is 0 Å². The number of nitrogens with zero attached hydrogens (tertiary/aromatic N) is 1. The van der Waals surface area contributed by atoms with Crippen LogP contribution < -0.4 is 10.2 Å². The minimum Gasteiger partial charge on any atom is -0.372 e. The summed E-state index contributed by atoms with van der Waals surface area (Å²) in [4.78, 5) is 2.55. The van der Waals surface area contributed by atoms with Gasteiger partial charge in [-0.15, -0.1) is 0 Å². The van der Waals surface area contributed by atoms with E-state index in [0.717, 1.165) is 18.5 Å². The Kier molecular flexibility index (Phi) is 6.56. The lowest BCUT2D eigenvalue weighted by Crippen LogP contribution is -2.35. The molecule has 0 heterocycles. The molecule has 0 spiro atoms. The van der Waals surface area contributed by atoms with Gasteiger partial charge in [-0.1, -0.05) is 31.5 Å². The number of aryl methyl sites for hydroxylation is 1. The smallest absolute Gasteiger partial charge is 0.0395 e. The van der Waals surface area contributed by atoms with Crippen LogP contribution in [0, 0.1) is 12.8 Å². The van der Waals surface area contributed by atoms with E-state index in [1.807, 2.05) is 0 Å². The van der Waals surface area contributed by atoms with Gasteiger partial charge in [-0.25, -0.2) is 0 Å². The molecule has 2 heteroatoms. The molecular formula is C19H32N2. The topological polar surface area (TPSA) is 15.3 Å². The molecule has 0 amide bonds. The van der Waals surface area contributed by atoms with Gasteiger partial charge >= 0.3 is 0 Å². The molecule has 2 unspecified atom stereocenters. The SMILES string of the molecule is CCCNC1CCCC1CCN(CC)c1ccccc1C. The Morgan fingerprint density at radius 2 is 2.00 bits per heavy atom. The van der Waals surface area contributed by atoms with Crippen LogP contribution in [0.4, 0.5) is 5.69 Å². The number of nitrogens with one attached hydrogen (secondary N) is 1. The van der Waals surface area contributed by atoms with Crippen molar-refractivity contribution in [1.29, 1.82) is 0 Å². The van der Waals surface area contributed by atoms with Crippen molar-refractivity contribution in [3.8, 4) is 0 Å².